The molecule has 5 nitrogen and oxygen atoms in total. The zero-order valence-electron chi connectivity index (χ0n) is 9.24. The predicted octanol–water partition coefficient (Wildman–Crippen LogP) is 3.03. The van der Waals surface area contributed by atoms with Crippen molar-refractivity contribution in [1.29, 1.82) is 0 Å². The summed E-state index contributed by atoms with van der Waals surface area (Å²) in [5.74, 6) is -0.599. The number of para-hydroxylation sites is 1. The number of benzene rings is 1. The molecule has 1 aromatic carbocycles. The molecule has 0 saturated carbocycles. The highest BCUT2D eigenvalue weighted by Gasteiger charge is 2.02. The van der Waals surface area contributed by atoms with E-state index in [-0.39, 0.29) is 0 Å². The number of hydrogen-bond donors (Lipinski definition) is 0. The molecule has 0 radical (unpaired) electrons. The van der Waals surface area contributed by atoms with Gasteiger partial charge in [0.05, 0.1) is 0 Å². The first kappa shape index (κ1) is 11.0. The molecular weight excluding hydrogens is 216 g/mol. The molecule has 1 aromatic heterocycles. The summed E-state index contributed by atoms with van der Waals surface area (Å²) in [7, 11) is 1.92. The lowest BCUT2D eigenvalue weighted by Crippen LogP contribution is -1.90. The lowest BCUT2D eigenvalue weighted by Gasteiger charge is -1.97. The Morgan fingerprint density at radius 2 is 2.24 bits per heavy atom. The third-order valence-corrected chi connectivity index (χ3v) is 2.53. The maximum atomic E-state index is 11.0. The molecule has 0 N–H and O–H groups in total. The molecule has 0 spiro atoms. The van der Waals surface area contributed by atoms with E-state index in [1.54, 1.807) is 6.08 Å². The normalized spacial score (nSPS) is 10.6. The van der Waals surface area contributed by atoms with Crippen molar-refractivity contribution in [3.8, 4) is 0 Å². The minimum absolute atomic E-state index is 0.599. The summed E-state index contributed by atoms with van der Waals surface area (Å²) in [6.45, 7) is 0. The first-order chi connectivity index (χ1) is 8.22. The molecule has 0 fully saturated rings. The van der Waals surface area contributed by atoms with Crippen LogP contribution in [0.1, 0.15) is 5.69 Å². The molecule has 5 heteroatoms. The summed E-state index contributed by atoms with van der Waals surface area (Å²) in [6, 6.07) is 9.89. The van der Waals surface area contributed by atoms with Gasteiger partial charge in [-0.25, -0.2) is 0 Å². The van der Waals surface area contributed by atoms with Gasteiger partial charge in [0.2, 0.25) is 5.91 Å². The van der Waals surface area contributed by atoms with Gasteiger partial charge in [0.15, 0.2) is 0 Å². The minimum Gasteiger partial charge on any atom is -0.344 e. The van der Waals surface area contributed by atoms with E-state index in [9.17, 15) is 4.79 Å². The van der Waals surface area contributed by atoms with Crippen LogP contribution in [0.5, 0.6) is 0 Å². The molecule has 0 aliphatic rings. The zero-order valence-corrected chi connectivity index (χ0v) is 9.24. The Morgan fingerprint density at radius 1 is 1.47 bits per heavy atom. The maximum absolute atomic E-state index is 11.0. The second kappa shape index (κ2) is 4.55. The van der Waals surface area contributed by atoms with Gasteiger partial charge in [-0.05, 0) is 34.9 Å². The van der Waals surface area contributed by atoms with E-state index in [1.165, 1.54) is 6.08 Å². The summed E-state index contributed by atoms with van der Waals surface area (Å²) in [5.41, 5.74) is 10.1. The average Bonchev–Trinajstić information content (AvgIpc) is 2.65. The van der Waals surface area contributed by atoms with E-state index in [1.807, 2.05) is 41.9 Å². The third-order valence-electron chi connectivity index (χ3n) is 2.53. The number of carbonyl (C=O) groups is 1. The van der Waals surface area contributed by atoms with Crippen LogP contribution in [-0.4, -0.2) is 10.5 Å². The van der Waals surface area contributed by atoms with Crippen LogP contribution in [0.15, 0.2) is 41.5 Å². The molecule has 17 heavy (non-hydrogen) atoms. The molecule has 0 bridgehead atoms. The molecule has 1 heterocycles. The van der Waals surface area contributed by atoms with Gasteiger partial charge in [0.1, 0.15) is 0 Å². The SMILES string of the molecule is Cn1c(C=CC(=O)N=[N+]=[N-])cc2ccccc21. The van der Waals surface area contributed by atoms with Crippen LogP contribution in [0, 0.1) is 0 Å². The van der Waals surface area contributed by atoms with Crippen LogP contribution >= 0.6 is 0 Å². The van der Waals surface area contributed by atoms with Gasteiger partial charge >= 0.3 is 0 Å². The molecule has 2 rings (SSSR count). The van der Waals surface area contributed by atoms with Gasteiger partial charge in [0, 0.05) is 28.6 Å². The van der Waals surface area contributed by atoms with Crippen molar-refractivity contribution >= 4 is 22.9 Å². The van der Waals surface area contributed by atoms with Gasteiger partial charge < -0.3 is 4.57 Å². The highest BCUT2D eigenvalue weighted by Crippen LogP contribution is 2.19. The smallest absolute Gasteiger partial charge is 0.242 e. The highest BCUT2D eigenvalue weighted by molar-refractivity contribution is 5.93. The highest BCUT2D eigenvalue weighted by atomic mass is 16.1. The molecule has 0 atom stereocenters. The van der Waals surface area contributed by atoms with Gasteiger partial charge in [-0.1, -0.05) is 18.2 Å². The molecule has 0 aliphatic carbocycles. The van der Waals surface area contributed by atoms with Crippen molar-refractivity contribution in [3.63, 3.8) is 0 Å². The second-order valence-electron chi connectivity index (χ2n) is 3.55. The summed E-state index contributed by atoms with van der Waals surface area (Å²) in [5, 5.41) is 4.07. The lowest BCUT2D eigenvalue weighted by atomic mass is 10.2. The monoisotopic (exact) mass is 226 g/mol. The Bertz CT molecular complexity index is 648. The quantitative estimate of drug-likeness (QED) is 0.336. The fraction of sp³-hybridized carbons (Fsp3) is 0.0833. The fourth-order valence-electron chi connectivity index (χ4n) is 1.70. The van der Waals surface area contributed by atoms with Crippen molar-refractivity contribution < 1.29 is 4.79 Å². The molecule has 0 unspecified atom stereocenters. The predicted molar refractivity (Wildman–Crippen MR) is 66.1 cm³/mol. The Balaban J connectivity index is 2.40. The van der Waals surface area contributed by atoms with E-state index in [4.69, 9.17) is 5.53 Å². The minimum atomic E-state index is -0.599. The Labute approximate surface area is 97.6 Å². The molecule has 0 saturated heterocycles. The average molecular weight is 226 g/mol. The van der Waals surface area contributed by atoms with E-state index in [2.05, 4.69) is 10.0 Å². The number of amides is 1. The number of nitrogens with zero attached hydrogens (tertiary/aromatic N) is 4. The van der Waals surface area contributed by atoms with E-state index in [0.29, 0.717) is 0 Å². The first-order valence-corrected chi connectivity index (χ1v) is 5.04. The summed E-state index contributed by atoms with van der Waals surface area (Å²) < 4.78 is 1.97. The van der Waals surface area contributed by atoms with Gasteiger partial charge in [0.25, 0.3) is 0 Å². The fourth-order valence-corrected chi connectivity index (χ4v) is 1.70. The van der Waals surface area contributed by atoms with Crippen molar-refractivity contribution in [3.05, 3.63) is 52.5 Å². The Morgan fingerprint density at radius 3 is 2.94 bits per heavy atom. The zero-order chi connectivity index (χ0) is 12.3. The van der Waals surface area contributed by atoms with Crippen molar-refractivity contribution in [2.75, 3.05) is 0 Å². The molecule has 0 aliphatic heterocycles. The number of fused-ring (bicyclic) bond motifs is 1. The largest absolute Gasteiger partial charge is 0.344 e. The van der Waals surface area contributed by atoms with Crippen molar-refractivity contribution in [2.24, 2.45) is 12.2 Å². The van der Waals surface area contributed by atoms with Crippen LogP contribution in [-0.2, 0) is 11.8 Å². The van der Waals surface area contributed by atoms with Crippen molar-refractivity contribution in [1.82, 2.24) is 4.57 Å². The van der Waals surface area contributed by atoms with Crippen LogP contribution in [0.3, 0.4) is 0 Å². The summed E-state index contributed by atoms with van der Waals surface area (Å²) in [6.07, 6.45) is 2.89. The topological polar surface area (TPSA) is 70.8 Å². The maximum Gasteiger partial charge on any atom is 0.242 e. The van der Waals surface area contributed by atoms with Crippen LogP contribution in [0.2, 0.25) is 0 Å². The van der Waals surface area contributed by atoms with Gasteiger partial charge in [-0.3, -0.25) is 4.79 Å². The number of carbonyl (C=O) groups excluding carboxylic acids is 1. The number of rotatable bonds is 2. The number of aryl methyl sites for hydroxylation is 1. The van der Waals surface area contributed by atoms with Crippen LogP contribution in [0.25, 0.3) is 27.4 Å². The second-order valence-corrected chi connectivity index (χ2v) is 3.55. The number of hydrogen-bond acceptors (Lipinski definition) is 1. The van der Waals surface area contributed by atoms with Gasteiger partial charge in [-0.15, -0.1) is 0 Å². The van der Waals surface area contributed by atoms with Gasteiger partial charge in [-0.2, -0.15) is 0 Å². The molecular formula is C12H10N4O. The Hall–Kier alpha value is -2.52. The summed E-state index contributed by atoms with van der Waals surface area (Å²) in [4.78, 5) is 13.5. The third kappa shape index (κ3) is 2.19. The van der Waals surface area contributed by atoms with Crippen molar-refractivity contribution in [2.45, 2.75) is 0 Å². The summed E-state index contributed by atoms with van der Waals surface area (Å²) >= 11 is 0. The lowest BCUT2D eigenvalue weighted by molar-refractivity contribution is -0.113. The molecule has 2 aromatic rings. The van der Waals surface area contributed by atoms with E-state index < -0.39 is 5.91 Å². The van der Waals surface area contributed by atoms with E-state index in [0.717, 1.165) is 16.6 Å². The van der Waals surface area contributed by atoms with Crippen LogP contribution < -0.4 is 0 Å². The molecule has 1 amide bonds. The van der Waals surface area contributed by atoms with Crippen LogP contribution in [0.4, 0.5) is 0 Å². The standard InChI is InChI=1S/C12H10N4O/c1-16-10(6-7-12(17)14-15-13)8-9-4-2-3-5-11(9)16/h2-8H,1H3. The molecule has 84 valence electrons. The van der Waals surface area contributed by atoms with E-state index >= 15 is 0 Å². The number of aromatic nitrogens is 1. The number of azide groups is 1. The Kier molecular flexibility index (Phi) is 2.94. The first-order valence-electron chi connectivity index (χ1n) is 5.04.